The van der Waals surface area contributed by atoms with E-state index in [9.17, 15) is 17.8 Å². The summed E-state index contributed by atoms with van der Waals surface area (Å²) in [7, 11) is -1.77. The molecule has 0 aliphatic rings. The maximum atomic E-state index is 13.7. The normalized spacial score (nSPS) is 12.1. The molecule has 0 amide bonds. The zero-order valence-electron chi connectivity index (χ0n) is 10.5. The van der Waals surface area contributed by atoms with E-state index in [2.05, 4.69) is 15.9 Å². The van der Waals surface area contributed by atoms with Gasteiger partial charge in [0.25, 0.3) is 0 Å². The quantitative estimate of drug-likeness (QED) is 0.886. The Kier molecular flexibility index (Phi) is 4.84. The highest BCUT2D eigenvalue weighted by molar-refractivity contribution is 9.10. The highest BCUT2D eigenvalue weighted by Crippen LogP contribution is 2.21. The summed E-state index contributed by atoms with van der Waals surface area (Å²) >= 11 is 3.01. The summed E-state index contributed by atoms with van der Waals surface area (Å²) in [5.74, 6) is -2.46. The van der Waals surface area contributed by atoms with E-state index >= 15 is 0 Å². The smallest absolute Gasteiger partial charge is 0.335 e. The van der Waals surface area contributed by atoms with Crippen LogP contribution in [-0.2, 0) is 16.6 Å². The molecule has 110 valence electrons. The lowest BCUT2D eigenvalue weighted by Crippen LogP contribution is -2.03. The number of hydrogen-bond donors (Lipinski definition) is 1. The predicted molar refractivity (Wildman–Crippen MR) is 77.6 cm³/mol. The Morgan fingerprint density at radius 1 is 1.14 bits per heavy atom. The minimum Gasteiger partial charge on any atom is -0.478 e. The number of halogens is 3. The summed E-state index contributed by atoms with van der Waals surface area (Å²) in [5, 5.41) is 8.87. The molecule has 7 heteroatoms. The summed E-state index contributed by atoms with van der Waals surface area (Å²) in [4.78, 5) is 10.7. The van der Waals surface area contributed by atoms with E-state index in [0.717, 1.165) is 18.2 Å². The van der Waals surface area contributed by atoms with Crippen LogP contribution >= 0.6 is 15.9 Å². The number of carbonyl (C=O) groups is 1. The maximum Gasteiger partial charge on any atom is 0.335 e. The van der Waals surface area contributed by atoms with Crippen LogP contribution in [0.2, 0.25) is 0 Å². The molecule has 2 aromatic rings. The molecule has 0 saturated heterocycles. The first kappa shape index (κ1) is 15.8. The van der Waals surface area contributed by atoms with Crippen LogP contribution in [-0.4, -0.2) is 15.3 Å². The zero-order valence-corrected chi connectivity index (χ0v) is 12.9. The van der Waals surface area contributed by atoms with Crippen molar-refractivity contribution in [2.75, 3.05) is 0 Å². The Balaban J connectivity index is 2.29. The van der Waals surface area contributed by atoms with Crippen molar-refractivity contribution in [1.29, 1.82) is 0 Å². The average molecular weight is 375 g/mol. The second-order valence-electron chi connectivity index (χ2n) is 4.19. The molecular formula is C14H9BrF2O3S. The van der Waals surface area contributed by atoms with Crippen molar-refractivity contribution in [3.05, 3.63) is 63.6 Å². The van der Waals surface area contributed by atoms with Crippen LogP contribution in [0.25, 0.3) is 0 Å². The third-order valence-electron chi connectivity index (χ3n) is 2.71. The minimum absolute atomic E-state index is 0.0428. The molecule has 0 radical (unpaired) electrons. The number of carboxylic acids is 1. The van der Waals surface area contributed by atoms with Crippen molar-refractivity contribution in [2.45, 2.75) is 10.6 Å². The number of aromatic carboxylic acids is 1. The average Bonchev–Trinajstić information content (AvgIpc) is 2.43. The fraction of sp³-hybridized carbons (Fsp3) is 0.0714. The van der Waals surface area contributed by atoms with Gasteiger partial charge in [-0.1, -0.05) is 6.07 Å². The van der Waals surface area contributed by atoms with Crippen molar-refractivity contribution >= 4 is 32.7 Å². The summed E-state index contributed by atoms with van der Waals surface area (Å²) < 4.78 is 39.2. The molecule has 21 heavy (non-hydrogen) atoms. The van der Waals surface area contributed by atoms with Gasteiger partial charge in [-0.15, -0.1) is 0 Å². The SMILES string of the molecule is O=C(O)c1ccc(F)c(S(=O)Cc2ccc(F)c(Br)c2)c1. The van der Waals surface area contributed by atoms with E-state index in [4.69, 9.17) is 5.11 Å². The lowest BCUT2D eigenvalue weighted by molar-refractivity contribution is 0.0696. The van der Waals surface area contributed by atoms with Crippen LogP contribution in [0.3, 0.4) is 0 Å². The van der Waals surface area contributed by atoms with Crippen molar-refractivity contribution < 1.29 is 22.9 Å². The summed E-state index contributed by atoms with van der Waals surface area (Å²) in [6.45, 7) is 0. The molecule has 0 bridgehead atoms. The van der Waals surface area contributed by atoms with Crippen LogP contribution in [0.4, 0.5) is 8.78 Å². The van der Waals surface area contributed by atoms with E-state index < -0.39 is 28.4 Å². The van der Waals surface area contributed by atoms with Gasteiger partial charge in [0.05, 0.1) is 31.5 Å². The van der Waals surface area contributed by atoms with Gasteiger partial charge in [0.15, 0.2) is 0 Å². The van der Waals surface area contributed by atoms with E-state index in [-0.39, 0.29) is 20.7 Å². The first-order chi connectivity index (χ1) is 9.88. The fourth-order valence-corrected chi connectivity index (χ4v) is 3.28. The van der Waals surface area contributed by atoms with Crippen molar-refractivity contribution in [2.24, 2.45) is 0 Å². The third kappa shape index (κ3) is 3.74. The van der Waals surface area contributed by atoms with E-state index in [1.165, 1.54) is 18.2 Å². The lowest BCUT2D eigenvalue weighted by Gasteiger charge is -2.06. The standard InChI is InChI=1S/C14H9BrF2O3S/c15-10-5-8(1-3-11(10)16)7-21(20)13-6-9(14(18)19)2-4-12(13)17/h1-6H,7H2,(H,18,19). The van der Waals surface area contributed by atoms with Crippen molar-refractivity contribution in [3.8, 4) is 0 Å². The monoisotopic (exact) mass is 374 g/mol. The Morgan fingerprint density at radius 3 is 2.43 bits per heavy atom. The first-order valence-electron chi connectivity index (χ1n) is 5.73. The predicted octanol–water partition coefficient (Wildman–Crippen LogP) is 3.73. The molecule has 0 fully saturated rings. The van der Waals surface area contributed by atoms with Crippen LogP contribution in [0.5, 0.6) is 0 Å². The number of hydrogen-bond acceptors (Lipinski definition) is 2. The van der Waals surface area contributed by atoms with Crippen LogP contribution < -0.4 is 0 Å². The Morgan fingerprint density at radius 2 is 1.81 bits per heavy atom. The van der Waals surface area contributed by atoms with E-state index in [0.29, 0.717) is 5.56 Å². The summed E-state index contributed by atoms with van der Waals surface area (Å²) in [6.07, 6.45) is 0. The number of carboxylic acid groups (broad SMARTS) is 1. The lowest BCUT2D eigenvalue weighted by atomic mass is 10.2. The van der Waals surface area contributed by atoms with Gasteiger partial charge in [0, 0.05) is 0 Å². The molecule has 3 nitrogen and oxygen atoms in total. The molecule has 0 saturated carbocycles. The van der Waals surface area contributed by atoms with Crippen LogP contribution in [0, 0.1) is 11.6 Å². The van der Waals surface area contributed by atoms with Gasteiger partial charge < -0.3 is 5.11 Å². The maximum absolute atomic E-state index is 13.7. The van der Waals surface area contributed by atoms with Crippen molar-refractivity contribution in [1.82, 2.24) is 0 Å². The Labute approximate surface area is 130 Å². The minimum atomic E-state index is -1.77. The molecule has 0 aliphatic heterocycles. The van der Waals surface area contributed by atoms with Gasteiger partial charge in [0.2, 0.25) is 0 Å². The van der Waals surface area contributed by atoms with Gasteiger partial charge in [-0.25, -0.2) is 13.6 Å². The fourth-order valence-electron chi connectivity index (χ4n) is 1.67. The van der Waals surface area contributed by atoms with E-state index in [1.54, 1.807) is 0 Å². The van der Waals surface area contributed by atoms with Crippen LogP contribution in [0.15, 0.2) is 45.8 Å². The molecular weight excluding hydrogens is 366 g/mol. The highest BCUT2D eigenvalue weighted by atomic mass is 79.9. The molecule has 1 unspecified atom stereocenters. The number of rotatable bonds is 4. The largest absolute Gasteiger partial charge is 0.478 e. The molecule has 0 heterocycles. The topological polar surface area (TPSA) is 54.4 Å². The van der Waals surface area contributed by atoms with Gasteiger partial charge in [0.1, 0.15) is 11.6 Å². The number of benzene rings is 2. The van der Waals surface area contributed by atoms with Gasteiger partial charge in [-0.3, -0.25) is 4.21 Å². The highest BCUT2D eigenvalue weighted by Gasteiger charge is 2.15. The van der Waals surface area contributed by atoms with Gasteiger partial charge in [-0.05, 0) is 51.8 Å². The van der Waals surface area contributed by atoms with E-state index in [1.807, 2.05) is 0 Å². The molecule has 1 N–H and O–H groups in total. The first-order valence-corrected chi connectivity index (χ1v) is 7.85. The third-order valence-corrected chi connectivity index (χ3v) is 4.71. The van der Waals surface area contributed by atoms with Gasteiger partial charge >= 0.3 is 5.97 Å². The summed E-state index contributed by atoms with van der Waals surface area (Å²) in [6, 6.07) is 7.22. The van der Waals surface area contributed by atoms with Gasteiger partial charge in [-0.2, -0.15) is 0 Å². The zero-order chi connectivity index (χ0) is 15.6. The molecule has 0 spiro atoms. The molecule has 2 aromatic carbocycles. The van der Waals surface area contributed by atoms with Crippen LogP contribution in [0.1, 0.15) is 15.9 Å². The molecule has 1 atom stereocenters. The van der Waals surface area contributed by atoms with Crippen molar-refractivity contribution in [3.63, 3.8) is 0 Å². The Hall–Kier alpha value is -1.60. The molecule has 0 aliphatic carbocycles. The molecule has 2 rings (SSSR count). The second kappa shape index (κ2) is 6.44. The molecule has 0 aromatic heterocycles. The Bertz CT molecular complexity index is 734. The second-order valence-corrected chi connectivity index (χ2v) is 6.46. The summed E-state index contributed by atoms with van der Waals surface area (Å²) in [5.41, 5.74) is 0.404.